The van der Waals surface area contributed by atoms with Crippen molar-refractivity contribution in [3.05, 3.63) is 38.8 Å². The lowest BCUT2D eigenvalue weighted by atomic mass is 9.95. The highest BCUT2D eigenvalue weighted by atomic mass is 32.1. The first-order chi connectivity index (χ1) is 8.82. The number of thiophene rings is 1. The number of aromatic nitrogens is 2. The lowest BCUT2D eigenvalue weighted by Gasteiger charge is -2.18. The molecule has 0 aliphatic carbocycles. The first kappa shape index (κ1) is 13.5. The highest BCUT2D eigenvalue weighted by Gasteiger charge is 2.20. The van der Waals surface area contributed by atoms with Crippen molar-refractivity contribution in [1.82, 2.24) is 9.97 Å². The third-order valence-electron chi connectivity index (χ3n) is 2.81. The van der Waals surface area contributed by atoms with Crippen LogP contribution in [0.4, 0.5) is 0 Å². The smallest absolute Gasteiger partial charge is 0.254 e. The molecule has 2 rings (SSSR count). The van der Waals surface area contributed by atoms with Crippen molar-refractivity contribution >= 4 is 11.3 Å². The molecule has 0 aliphatic heterocycles. The third-order valence-corrected chi connectivity index (χ3v) is 3.81. The van der Waals surface area contributed by atoms with Gasteiger partial charge in [-0.3, -0.25) is 4.79 Å². The number of rotatable bonds is 1. The molecule has 2 aromatic rings. The topological polar surface area (TPSA) is 69.5 Å². The van der Waals surface area contributed by atoms with Gasteiger partial charge in [0.2, 0.25) is 0 Å². The molecule has 5 heteroatoms. The predicted octanol–water partition coefficient (Wildman–Crippen LogP) is 2.98. The second-order valence-electron chi connectivity index (χ2n) is 5.41. The SMILES string of the molecule is Cc1c(-c2ccc(C#N)s2)nc(C(C)(C)C)[nH]c1=O. The van der Waals surface area contributed by atoms with Crippen LogP contribution in [0.1, 0.15) is 37.0 Å². The fourth-order valence-corrected chi connectivity index (χ4v) is 2.50. The van der Waals surface area contributed by atoms with Crippen LogP contribution in [-0.4, -0.2) is 9.97 Å². The number of nitrogens with zero attached hydrogens (tertiary/aromatic N) is 2. The van der Waals surface area contributed by atoms with Gasteiger partial charge in [-0.15, -0.1) is 11.3 Å². The fourth-order valence-electron chi connectivity index (χ4n) is 1.65. The summed E-state index contributed by atoms with van der Waals surface area (Å²) in [5.41, 5.74) is 0.901. The number of nitrogens with one attached hydrogen (secondary N) is 1. The minimum Gasteiger partial charge on any atom is -0.310 e. The quantitative estimate of drug-likeness (QED) is 0.868. The summed E-state index contributed by atoms with van der Waals surface area (Å²) in [5, 5.41) is 8.88. The van der Waals surface area contributed by atoms with E-state index in [0.29, 0.717) is 22.0 Å². The molecule has 0 saturated heterocycles. The first-order valence-corrected chi connectivity index (χ1v) is 6.76. The summed E-state index contributed by atoms with van der Waals surface area (Å²) in [4.78, 5) is 20.9. The van der Waals surface area contributed by atoms with Gasteiger partial charge in [-0.1, -0.05) is 20.8 Å². The summed E-state index contributed by atoms with van der Waals surface area (Å²) in [6.45, 7) is 7.75. The Labute approximate surface area is 115 Å². The molecular formula is C14H15N3OS. The molecule has 19 heavy (non-hydrogen) atoms. The van der Waals surface area contributed by atoms with E-state index in [1.165, 1.54) is 11.3 Å². The van der Waals surface area contributed by atoms with Crippen LogP contribution in [0.15, 0.2) is 16.9 Å². The number of H-pyrrole nitrogens is 1. The molecule has 2 aromatic heterocycles. The average Bonchev–Trinajstić information content (AvgIpc) is 2.79. The van der Waals surface area contributed by atoms with Crippen LogP contribution >= 0.6 is 11.3 Å². The largest absolute Gasteiger partial charge is 0.310 e. The molecule has 0 atom stereocenters. The normalized spacial score (nSPS) is 11.3. The van der Waals surface area contributed by atoms with Gasteiger partial charge >= 0.3 is 0 Å². The van der Waals surface area contributed by atoms with Crippen LogP contribution < -0.4 is 5.56 Å². The van der Waals surface area contributed by atoms with Crippen LogP contribution in [-0.2, 0) is 5.41 Å². The van der Waals surface area contributed by atoms with Gasteiger partial charge in [-0.2, -0.15) is 5.26 Å². The Kier molecular flexibility index (Phi) is 3.29. The van der Waals surface area contributed by atoms with E-state index >= 15 is 0 Å². The molecule has 0 unspecified atom stereocenters. The van der Waals surface area contributed by atoms with Crippen LogP contribution in [0.3, 0.4) is 0 Å². The maximum Gasteiger partial charge on any atom is 0.254 e. The number of hydrogen-bond acceptors (Lipinski definition) is 4. The Bertz CT molecular complexity index is 714. The summed E-state index contributed by atoms with van der Waals surface area (Å²) in [6, 6.07) is 5.69. The van der Waals surface area contributed by atoms with Crippen molar-refractivity contribution in [3.8, 4) is 16.6 Å². The van der Waals surface area contributed by atoms with Crippen LogP contribution in [0.5, 0.6) is 0 Å². The minimum atomic E-state index is -0.225. The third kappa shape index (κ3) is 2.59. The lowest BCUT2D eigenvalue weighted by molar-refractivity contribution is 0.543. The van der Waals surface area contributed by atoms with Crippen molar-refractivity contribution in [2.24, 2.45) is 0 Å². The first-order valence-electron chi connectivity index (χ1n) is 5.94. The zero-order valence-electron chi connectivity index (χ0n) is 11.4. The van der Waals surface area contributed by atoms with Crippen molar-refractivity contribution in [3.63, 3.8) is 0 Å². The molecule has 0 radical (unpaired) electrons. The molecule has 0 aromatic carbocycles. The van der Waals surface area contributed by atoms with E-state index < -0.39 is 0 Å². The Morgan fingerprint density at radius 1 is 1.37 bits per heavy atom. The Morgan fingerprint density at radius 3 is 2.58 bits per heavy atom. The maximum absolute atomic E-state index is 12.0. The van der Waals surface area contributed by atoms with E-state index in [0.717, 1.165) is 4.88 Å². The van der Waals surface area contributed by atoms with E-state index in [4.69, 9.17) is 5.26 Å². The van der Waals surface area contributed by atoms with Gasteiger partial charge in [0.25, 0.3) is 5.56 Å². The maximum atomic E-state index is 12.0. The number of nitriles is 1. The van der Waals surface area contributed by atoms with Crippen molar-refractivity contribution < 1.29 is 0 Å². The van der Waals surface area contributed by atoms with Crippen LogP contribution in [0.2, 0.25) is 0 Å². The molecule has 2 heterocycles. The van der Waals surface area contributed by atoms with Gasteiger partial charge in [0, 0.05) is 11.0 Å². The zero-order chi connectivity index (χ0) is 14.2. The van der Waals surface area contributed by atoms with Gasteiger partial charge in [0.05, 0.1) is 10.6 Å². The molecule has 0 spiro atoms. The molecule has 0 saturated carbocycles. The Hall–Kier alpha value is -1.93. The highest BCUT2D eigenvalue weighted by Crippen LogP contribution is 2.29. The molecular weight excluding hydrogens is 258 g/mol. The average molecular weight is 273 g/mol. The summed E-state index contributed by atoms with van der Waals surface area (Å²) in [6.07, 6.45) is 0. The van der Waals surface area contributed by atoms with Gasteiger partial charge in [-0.25, -0.2) is 4.98 Å². The number of aromatic amines is 1. The molecule has 4 nitrogen and oxygen atoms in total. The molecule has 0 amide bonds. The Morgan fingerprint density at radius 2 is 2.05 bits per heavy atom. The van der Waals surface area contributed by atoms with Crippen molar-refractivity contribution in [2.75, 3.05) is 0 Å². The second-order valence-corrected chi connectivity index (χ2v) is 6.50. The predicted molar refractivity (Wildman–Crippen MR) is 76.3 cm³/mol. The lowest BCUT2D eigenvalue weighted by Crippen LogP contribution is -2.24. The summed E-state index contributed by atoms with van der Waals surface area (Å²) in [7, 11) is 0. The molecule has 98 valence electrons. The van der Waals surface area contributed by atoms with E-state index in [1.807, 2.05) is 26.8 Å². The minimum absolute atomic E-state index is 0.123. The highest BCUT2D eigenvalue weighted by molar-refractivity contribution is 7.16. The van der Waals surface area contributed by atoms with E-state index in [-0.39, 0.29) is 11.0 Å². The van der Waals surface area contributed by atoms with Gasteiger partial charge in [0.15, 0.2) is 0 Å². The van der Waals surface area contributed by atoms with Crippen molar-refractivity contribution in [2.45, 2.75) is 33.1 Å². The van der Waals surface area contributed by atoms with Crippen molar-refractivity contribution in [1.29, 1.82) is 5.26 Å². The monoisotopic (exact) mass is 273 g/mol. The standard InChI is InChI=1S/C14H15N3OS/c1-8-11(10-6-5-9(7-15)19-10)16-13(14(2,3)4)17-12(8)18/h5-6H,1-4H3,(H,16,17,18). The molecule has 0 aliphatic rings. The number of hydrogen-bond donors (Lipinski definition) is 1. The fraction of sp³-hybridized carbons (Fsp3) is 0.357. The van der Waals surface area contributed by atoms with Gasteiger partial charge in [-0.05, 0) is 19.1 Å². The summed E-state index contributed by atoms with van der Waals surface area (Å²) in [5.74, 6) is 0.657. The summed E-state index contributed by atoms with van der Waals surface area (Å²) >= 11 is 1.35. The van der Waals surface area contributed by atoms with Crippen LogP contribution in [0, 0.1) is 18.3 Å². The second kappa shape index (κ2) is 4.63. The molecule has 1 N–H and O–H groups in total. The molecule has 0 bridgehead atoms. The van der Waals surface area contributed by atoms with E-state index in [1.54, 1.807) is 13.0 Å². The van der Waals surface area contributed by atoms with E-state index in [2.05, 4.69) is 16.0 Å². The summed E-state index contributed by atoms with van der Waals surface area (Å²) < 4.78 is 0. The Balaban J connectivity index is 2.66. The zero-order valence-corrected chi connectivity index (χ0v) is 12.2. The van der Waals surface area contributed by atoms with Crippen LogP contribution in [0.25, 0.3) is 10.6 Å². The molecule has 0 fully saturated rings. The van der Waals surface area contributed by atoms with E-state index in [9.17, 15) is 4.79 Å². The van der Waals surface area contributed by atoms with Gasteiger partial charge in [0.1, 0.15) is 16.8 Å². The van der Waals surface area contributed by atoms with Gasteiger partial charge < -0.3 is 4.98 Å².